The van der Waals surface area contributed by atoms with Crippen LogP contribution in [0.1, 0.15) is 55.1 Å². The van der Waals surface area contributed by atoms with Crippen molar-refractivity contribution in [2.75, 3.05) is 13.1 Å². The van der Waals surface area contributed by atoms with Crippen LogP contribution in [0.3, 0.4) is 0 Å². The topological polar surface area (TPSA) is 115 Å². The first-order chi connectivity index (χ1) is 16.3. The van der Waals surface area contributed by atoms with Crippen molar-refractivity contribution in [3.63, 3.8) is 0 Å². The van der Waals surface area contributed by atoms with Gasteiger partial charge in [-0.3, -0.25) is 10.2 Å². The average Bonchev–Trinajstić information content (AvgIpc) is 2.78. The number of hydrogen-bond acceptors (Lipinski definition) is 5. The molecule has 1 aromatic carbocycles. The van der Waals surface area contributed by atoms with E-state index in [0.29, 0.717) is 0 Å². The zero-order valence-corrected chi connectivity index (χ0v) is 12.1. The first-order valence-electron chi connectivity index (χ1n) is 12.7. The standard InChI is InChI=1S/C16H23N3O4/c1-2-22-15(21)12-7-9-13(10-8-12)23-14(20)6-4-3-5-11-19-16(17)18/h7-10H,2-6,11H2,1H3,(H4,17,18,19)/i3D2,4D2,5D2,6D2,11D/hD4. The van der Waals surface area contributed by atoms with Gasteiger partial charge in [0.15, 0.2) is 11.6 Å². The Morgan fingerprint density at radius 1 is 1.39 bits per heavy atom. The Kier molecular flexibility index (Phi) is 3.06. The van der Waals surface area contributed by atoms with Crippen molar-refractivity contribution in [1.29, 1.82) is 5.40 Å². The SMILES string of the molecule is [2H]N=C(N([2H])[2H])N([2H])C([2H])C([2H])([2H])C([2H])([2H])C([2H])([2H])C([2H])([2H])C(=O)Oc1ccc(C(=O)OCC)cc1. The van der Waals surface area contributed by atoms with Crippen molar-refractivity contribution in [1.82, 2.24) is 5.31 Å². The number of guanidine groups is 1. The van der Waals surface area contributed by atoms with E-state index in [0.717, 1.165) is 12.1 Å². The van der Waals surface area contributed by atoms with E-state index in [2.05, 4.69) is 5.40 Å². The third-order valence-electron chi connectivity index (χ3n) is 2.12. The summed E-state index contributed by atoms with van der Waals surface area (Å²) in [7, 11) is 0. The molecule has 0 heterocycles. The van der Waals surface area contributed by atoms with Crippen LogP contribution in [-0.4, -0.2) is 31.0 Å². The highest BCUT2D eigenvalue weighted by Crippen LogP contribution is 2.14. The fourth-order valence-electron chi connectivity index (χ4n) is 1.25. The molecule has 1 aromatic rings. The maximum Gasteiger partial charge on any atom is 0.338 e. The van der Waals surface area contributed by atoms with Gasteiger partial charge in [-0.1, -0.05) is 6.37 Å². The van der Waals surface area contributed by atoms with Gasteiger partial charge in [0.2, 0.25) is 0 Å². The highest BCUT2D eigenvalue weighted by atomic mass is 16.5. The first kappa shape index (κ1) is 6.90. The van der Waals surface area contributed by atoms with Crippen LogP contribution in [0, 0.1) is 5.40 Å². The monoisotopic (exact) mass is 334 g/mol. The maximum atomic E-state index is 12.5. The number of nitrogens with one attached hydrogen (secondary N) is 2. The van der Waals surface area contributed by atoms with Crippen LogP contribution in [0.5, 0.6) is 5.75 Å². The quantitative estimate of drug-likeness (QED) is 0.275. The van der Waals surface area contributed by atoms with E-state index < -0.39 is 55.6 Å². The maximum absolute atomic E-state index is 12.5. The van der Waals surface area contributed by atoms with Gasteiger partial charge in [-0.25, -0.2) is 4.79 Å². The Labute approximate surface area is 154 Å². The van der Waals surface area contributed by atoms with Crippen molar-refractivity contribution in [2.45, 2.75) is 32.4 Å². The molecule has 1 unspecified atom stereocenters. The minimum Gasteiger partial charge on any atom is -0.462 e. The van der Waals surface area contributed by atoms with Crippen molar-refractivity contribution >= 4 is 17.9 Å². The molecule has 0 saturated heterocycles. The van der Waals surface area contributed by atoms with Crippen molar-refractivity contribution in [3.8, 4) is 5.75 Å². The summed E-state index contributed by atoms with van der Waals surface area (Å²) in [5.74, 6) is -4.25. The van der Waals surface area contributed by atoms with Crippen molar-refractivity contribution in [3.05, 3.63) is 29.8 Å². The van der Waals surface area contributed by atoms with Gasteiger partial charge in [0, 0.05) is 25.2 Å². The summed E-state index contributed by atoms with van der Waals surface area (Å²) < 4.78 is 110. The Bertz CT molecular complexity index is 973. The smallest absolute Gasteiger partial charge is 0.338 e. The molecular formula is C16H23N3O4. The molecule has 0 saturated carbocycles. The van der Waals surface area contributed by atoms with Crippen LogP contribution >= 0.6 is 0 Å². The van der Waals surface area contributed by atoms with Crippen LogP contribution in [0.15, 0.2) is 24.3 Å². The number of nitrogens with two attached hydrogens (primary N) is 1. The minimum absolute atomic E-state index is 0.0652. The molecule has 4 N–H and O–H groups in total. The number of carbonyl (C=O) groups excluding carboxylic acids is 2. The summed E-state index contributed by atoms with van der Waals surface area (Å²) in [5.41, 5.74) is -0.374. The lowest BCUT2D eigenvalue weighted by Crippen LogP contribution is -2.30. The number of hydrogen-bond donors (Lipinski definition) is 3. The molecule has 0 aliphatic heterocycles. The second kappa shape index (κ2) is 10.2. The molecule has 0 bridgehead atoms. The lowest BCUT2D eigenvalue weighted by Gasteiger charge is -2.06. The highest BCUT2D eigenvalue weighted by Gasteiger charge is 2.08. The summed E-state index contributed by atoms with van der Waals surface area (Å²) in [5, 5.41) is 2.25. The zero-order chi connectivity index (χ0) is 28.3. The largest absolute Gasteiger partial charge is 0.462 e. The van der Waals surface area contributed by atoms with Crippen LogP contribution in [-0.2, 0) is 9.53 Å². The van der Waals surface area contributed by atoms with E-state index in [9.17, 15) is 9.59 Å². The minimum atomic E-state index is -4.02. The second-order valence-corrected chi connectivity index (χ2v) is 3.71. The van der Waals surface area contributed by atoms with Gasteiger partial charge < -0.3 is 20.5 Å². The Hall–Kier alpha value is -2.57. The molecule has 7 nitrogen and oxygen atoms in total. The molecule has 23 heavy (non-hydrogen) atoms. The lowest BCUT2D eigenvalue weighted by atomic mass is 10.2. The van der Waals surface area contributed by atoms with Gasteiger partial charge in [0.05, 0.1) is 12.2 Å². The molecule has 126 valence electrons. The normalized spacial score (nSPS) is 22.8. The molecule has 0 amide bonds. The van der Waals surface area contributed by atoms with Gasteiger partial charge in [0.1, 0.15) is 5.75 Å². The molecule has 0 aromatic heterocycles. The highest BCUT2D eigenvalue weighted by molar-refractivity contribution is 5.89. The van der Waals surface area contributed by atoms with Gasteiger partial charge >= 0.3 is 11.9 Å². The molecule has 7 heteroatoms. The van der Waals surface area contributed by atoms with Crippen LogP contribution in [0.25, 0.3) is 0 Å². The summed E-state index contributed by atoms with van der Waals surface area (Å²) in [6, 6.07) is 4.47. The van der Waals surface area contributed by atoms with E-state index >= 15 is 0 Å². The Morgan fingerprint density at radius 2 is 2.17 bits per heavy atom. The van der Waals surface area contributed by atoms with Gasteiger partial charge in [-0.2, -0.15) is 0 Å². The van der Waals surface area contributed by atoms with E-state index in [1.807, 2.05) is 0 Å². The predicted octanol–water partition coefficient (Wildman–Crippen LogP) is 1.81. The Balaban J connectivity index is 3.26. The summed E-state index contributed by atoms with van der Waals surface area (Å²) in [6.45, 7) is -1.09. The lowest BCUT2D eigenvalue weighted by molar-refractivity contribution is -0.134. The number of esters is 2. The van der Waals surface area contributed by atoms with Crippen LogP contribution < -0.4 is 15.8 Å². The van der Waals surface area contributed by atoms with Crippen LogP contribution in [0.2, 0.25) is 5.65 Å². The fourth-order valence-corrected chi connectivity index (χ4v) is 1.25. The van der Waals surface area contributed by atoms with Crippen molar-refractivity contribution in [2.24, 2.45) is 5.72 Å². The van der Waals surface area contributed by atoms with E-state index in [1.54, 1.807) is 6.92 Å². The first-order valence-corrected chi connectivity index (χ1v) is 6.31. The molecule has 0 spiro atoms. The Morgan fingerprint density at radius 3 is 2.83 bits per heavy atom. The third-order valence-corrected chi connectivity index (χ3v) is 2.12. The summed E-state index contributed by atoms with van der Waals surface area (Å²) in [6.07, 6.45) is -15.7. The number of benzene rings is 1. The average molecular weight is 334 g/mol. The number of rotatable bonds is 9. The predicted molar refractivity (Wildman–Crippen MR) is 86.4 cm³/mol. The number of carbonyl (C=O) groups is 2. The van der Waals surface area contributed by atoms with Gasteiger partial charge in [-0.15, -0.1) is 0 Å². The van der Waals surface area contributed by atoms with Gasteiger partial charge in [0.25, 0.3) is 0 Å². The number of ether oxygens (including phenoxy) is 2. The summed E-state index contributed by atoms with van der Waals surface area (Å²) in [4.78, 5) is 24.2. The van der Waals surface area contributed by atoms with E-state index in [1.165, 1.54) is 12.1 Å². The molecule has 0 radical (unpaired) electrons. The van der Waals surface area contributed by atoms with Crippen LogP contribution in [0.4, 0.5) is 0 Å². The third kappa shape index (κ3) is 7.85. The fraction of sp³-hybridized carbons (Fsp3) is 0.438. The van der Waals surface area contributed by atoms with E-state index in [-0.39, 0.29) is 23.2 Å². The molecule has 0 fully saturated rings. The molecule has 0 aliphatic rings. The molecular weight excluding hydrogens is 298 g/mol. The zero-order valence-electron chi connectivity index (χ0n) is 25.1. The summed E-state index contributed by atoms with van der Waals surface area (Å²) >= 11 is 0. The van der Waals surface area contributed by atoms with E-state index in [4.69, 9.17) is 27.5 Å². The molecule has 1 atom stereocenters. The second-order valence-electron chi connectivity index (χ2n) is 3.71. The van der Waals surface area contributed by atoms with Crippen molar-refractivity contribution < 1.29 is 37.0 Å². The molecule has 1 rings (SSSR count). The molecule has 0 aliphatic carbocycles. The van der Waals surface area contributed by atoms with Gasteiger partial charge in [-0.05, 0) is 43.9 Å².